The number of nitrogens with zero attached hydrogens (tertiary/aromatic N) is 3. The maximum Gasteiger partial charge on any atom is 0.140 e. The number of aromatic nitrogens is 2. The monoisotopic (exact) mass is 355 g/mol. The summed E-state index contributed by atoms with van der Waals surface area (Å²) >= 11 is 3.52. The smallest absolute Gasteiger partial charge is 0.140 e. The van der Waals surface area contributed by atoms with Crippen molar-refractivity contribution in [2.45, 2.75) is 6.54 Å². The highest BCUT2D eigenvalue weighted by molar-refractivity contribution is 9.10. The number of benzene rings is 2. The van der Waals surface area contributed by atoms with Gasteiger partial charge in [0.05, 0.1) is 0 Å². The predicted octanol–water partition coefficient (Wildman–Crippen LogP) is 4.43. The van der Waals surface area contributed by atoms with Gasteiger partial charge in [0.2, 0.25) is 0 Å². The Morgan fingerprint density at radius 2 is 1.86 bits per heavy atom. The van der Waals surface area contributed by atoms with Gasteiger partial charge in [0.15, 0.2) is 0 Å². The van der Waals surface area contributed by atoms with E-state index in [2.05, 4.69) is 72.8 Å². The molecule has 3 nitrogen and oxygen atoms in total. The van der Waals surface area contributed by atoms with Crippen molar-refractivity contribution in [3.8, 4) is 11.4 Å². The highest BCUT2D eigenvalue weighted by Crippen LogP contribution is 2.22. The summed E-state index contributed by atoms with van der Waals surface area (Å²) in [5, 5.41) is 0. The van der Waals surface area contributed by atoms with Crippen LogP contribution in [0.3, 0.4) is 0 Å². The average Bonchev–Trinajstić information content (AvgIpc) is 2.95. The Kier molecular flexibility index (Phi) is 4.29. The van der Waals surface area contributed by atoms with E-state index >= 15 is 0 Å². The van der Waals surface area contributed by atoms with Gasteiger partial charge in [0, 0.05) is 48.8 Å². The molecule has 0 fully saturated rings. The van der Waals surface area contributed by atoms with Crippen LogP contribution < -0.4 is 4.90 Å². The minimum absolute atomic E-state index is 0.810. The van der Waals surface area contributed by atoms with Gasteiger partial charge >= 0.3 is 0 Å². The van der Waals surface area contributed by atoms with Gasteiger partial charge in [-0.25, -0.2) is 4.98 Å². The highest BCUT2D eigenvalue weighted by atomic mass is 79.9. The zero-order chi connectivity index (χ0) is 15.5. The molecule has 1 heterocycles. The lowest BCUT2D eigenvalue weighted by molar-refractivity contribution is 0.806. The molecule has 0 aliphatic rings. The summed E-state index contributed by atoms with van der Waals surface area (Å²) in [4.78, 5) is 6.61. The van der Waals surface area contributed by atoms with Gasteiger partial charge in [0.25, 0.3) is 0 Å². The number of rotatable bonds is 4. The van der Waals surface area contributed by atoms with Gasteiger partial charge in [-0.1, -0.05) is 28.1 Å². The first-order valence-corrected chi connectivity index (χ1v) is 7.96. The number of halogens is 1. The van der Waals surface area contributed by atoms with Crippen LogP contribution in [-0.4, -0.2) is 23.6 Å². The number of anilines is 1. The van der Waals surface area contributed by atoms with E-state index in [9.17, 15) is 0 Å². The van der Waals surface area contributed by atoms with Crippen molar-refractivity contribution in [2.24, 2.45) is 0 Å². The van der Waals surface area contributed by atoms with E-state index < -0.39 is 0 Å². The Morgan fingerprint density at radius 1 is 1.09 bits per heavy atom. The summed E-state index contributed by atoms with van der Waals surface area (Å²) in [5.74, 6) is 0.991. The van der Waals surface area contributed by atoms with Crippen molar-refractivity contribution in [3.05, 3.63) is 71.0 Å². The van der Waals surface area contributed by atoms with E-state index in [1.807, 2.05) is 32.6 Å². The summed E-state index contributed by atoms with van der Waals surface area (Å²) in [6, 6.07) is 16.8. The van der Waals surface area contributed by atoms with Gasteiger partial charge in [-0.05, 0) is 42.0 Å². The third kappa shape index (κ3) is 3.22. The van der Waals surface area contributed by atoms with Crippen molar-refractivity contribution >= 4 is 21.6 Å². The lowest BCUT2D eigenvalue weighted by Crippen LogP contribution is -2.08. The highest BCUT2D eigenvalue weighted by Gasteiger charge is 2.07. The van der Waals surface area contributed by atoms with Gasteiger partial charge < -0.3 is 9.47 Å². The molecule has 2 aromatic carbocycles. The van der Waals surface area contributed by atoms with Crippen molar-refractivity contribution in [1.82, 2.24) is 9.55 Å². The van der Waals surface area contributed by atoms with Gasteiger partial charge in [0.1, 0.15) is 5.82 Å². The van der Waals surface area contributed by atoms with Crippen LogP contribution in [0, 0.1) is 0 Å². The summed E-state index contributed by atoms with van der Waals surface area (Å²) < 4.78 is 3.27. The Morgan fingerprint density at radius 3 is 2.55 bits per heavy atom. The fraction of sp³-hybridized carbons (Fsp3) is 0.167. The second kappa shape index (κ2) is 6.36. The number of imidazole rings is 1. The molecule has 4 heteroatoms. The lowest BCUT2D eigenvalue weighted by atomic mass is 10.1. The van der Waals surface area contributed by atoms with Crippen molar-refractivity contribution in [2.75, 3.05) is 19.0 Å². The van der Waals surface area contributed by atoms with Crippen molar-refractivity contribution < 1.29 is 0 Å². The molecular weight excluding hydrogens is 338 g/mol. The Bertz CT molecular complexity index is 760. The van der Waals surface area contributed by atoms with Gasteiger partial charge in [-0.2, -0.15) is 0 Å². The first-order chi connectivity index (χ1) is 10.6. The van der Waals surface area contributed by atoms with Crippen molar-refractivity contribution in [1.29, 1.82) is 0 Å². The second-order valence-electron chi connectivity index (χ2n) is 5.45. The Balaban J connectivity index is 1.88. The minimum Gasteiger partial charge on any atom is -0.378 e. The van der Waals surface area contributed by atoms with Crippen LogP contribution >= 0.6 is 15.9 Å². The Labute approximate surface area is 139 Å². The van der Waals surface area contributed by atoms with E-state index in [0.717, 1.165) is 22.4 Å². The molecule has 0 N–H and O–H groups in total. The minimum atomic E-state index is 0.810. The van der Waals surface area contributed by atoms with Gasteiger partial charge in [-0.3, -0.25) is 0 Å². The SMILES string of the molecule is CN(C)c1ccc(-c2nccn2Cc2cccc(Br)c2)cc1. The molecule has 1 aromatic heterocycles. The summed E-state index contributed by atoms with van der Waals surface area (Å²) in [5.41, 5.74) is 3.57. The normalized spacial score (nSPS) is 10.7. The van der Waals surface area contributed by atoms with Crippen LogP contribution in [0.4, 0.5) is 5.69 Å². The van der Waals surface area contributed by atoms with Crippen LogP contribution in [0.1, 0.15) is 5.56 Å². The standard InChI is InChI=1S/C18H18BrN3/c1-21(2)17-8-6-15(7-9-17)18-20-10-11-22(18)13-14-4-3-5-16(19)12-14/h3-12H,13H2,1-2H3. The topological polar surface area (TPSA) is 21.1 Å². The zero-order valence-electron chi connectivity index (χ0n) is 12.7. The fourth-order valence-electron chi connectivity index (χ4n) is 2.44. The Hall–Kier alpha value is -2.07. The quantitative estimate of drug-likeness (QED) is 0.690. The molecule has 0 aliphatic heterocycles. The van der Waals surface area contributed by atoms with Crippen LogP contribution in [0.5, 0.6) is 0 Å². The van der Waals surface area contributed by atoms with E-state index in [1.54, 1.807) is 0 Å². The van der Waals surface area contributed by atoms with Crippen LogP contribution in [0.2, 0.25) is 0 Å². The maximum atomic E-state index is 4.52. The molecule has 0 atom stereocenters. The zero-order valence-corrected chi connectivity index (χ0v) is 14.3. The van der Waals surface area contributed by atoms with Crippen LogP contribution in [0.25, 0.3) is 11.4 Å². The lowest BCUT2D eigenvalue weighted by Gasteiger charge is -2.13. The second-order valence-corrected chi connectivity index (χ2v) is 6.37. The summed E-state index contributed by atoms with van der Waals surface area (Å²) in [6.45, 7) is 0.810. The molecule has 22 heavy (non-hydrogen) atoms. The molecular formula is C18H18BrN3. The number of hydrogen-bond donors (Lipinski definition) is 0. The third-order valence-electron chi connectivity index (χ3n) is 3.60. The van der Waals surface area contributed by atoms with Gasteiger partial charge in [-0.15, -0.1) is 0 Å². The molecule has 0 radical (unpaired) electrons. The summed E-state index contributed by atoms with van der Waals surface area (Å²) in [6.07, 6.45) is 3.88. The molecule has 0 saturated heterocycles. The molecule has 3 aromatic rings. The maximum absolute atomic E-state index is 4.52. The van der Waals surface area contributed by atoms with E-state index in [4.69, 9.17) is 0 Å². The third-order valence-corrected chi connectivity index (χ3v) is 4.09. The predicted molar refractivity (Wildman–Crippen MR) is 95.2 cm³/mol. The summed E-state index contributed by atoms with van der Waals surface area (Å²) in [7, 11) is 4.09. The van der Waals surface area contributed by atoms with Crippen molar-refractivity contribution in [3.63, 3.8) is 0 Å². The fourth-order valence-corrected chi connectivity index (χ4v) is 2.88. The molecule has 3 rings (SSSR count). The first-order valence-electron chi connectivity index (χ1n) is 7.17. The molecule has 0 amide bonds. The first kappa shape index (κ1) is 14.9. The molecule has 0 unspecified atom stereocenters. The largest absolute Gasteiger partial charge is 0.378 e. The average molecular weight is 356 g/mol. The molecule has 0 saturated carbocycles. The molecule has 0 aliphatic carbocycles. The van der Waals surface area contributed by atoms with Crippen LogP contribution in [-0.2, 0) is 6.54 Å². The van der Waals surface area contributed by atoms with Crippen LogP contribution in [0.15, 0.2) is 65.4 Å². The number of hydrogen-bond acceptors (Lipinski definition) is 2. The molecule has 0 spiro atoms. The van der Waals surface area contributed by atoms with E-state index in [0.29, 0.717) is 0 Å². The molecule has 112 valence electrons. The van der Waals surface area contributed by atoms with E-state index in [-0.39, 0.29) is 0 Å². The molecule has 0 bridgehead atoms. The van der Waals surface area contributed by atoms with E-state index in [1.165, 1.54) is 11.3 Å².